The number of anilines is 1. The largest absolute Gasteiger partial charge is 0.477 e. The second-order valence-corrected chi connectivity index (χ2v) is 5.47. The Morgan fingerprint density at radius 1 is 1.33 bits per heavy atom. The zero-order valence-electron chi connectivity index (χ0n) is 11.6. The van der Waals surface area contributed by atoms with Gasteiger partial charge in [-0.05, 0) is 25.7 Å². The van der Waals surface area contributed by atoms with Gasteiger partial charge in [-0.15, -0.1) is 0 Å². The molecule has 0 radical (unpaired) electrons. The lowest BCUT2D eigenvalue weighted by Gasteiger charge is -2.14. The van der Waals surface area contributed by atoms with Crippen molar-refractivity contribution in [3.05, 3.63) is 11.9 Å². The summed E-state index contributed by atoms with van der Waals surface area (Å²) in [7, 11) is 0. The molecule has 0 unspecified atom stereocenters. The van der Waals surface area contributed by atoms with E-state index in [1.807, 2.05) is 13.0 Å². The van der Waals surface area contributed by atoms with Crippen LogP contribution in [0.3, 0.4) is 0 Å². The van der Waals surface area contributed by atoms with Crippen molar-refractivity contribution >= 4 is 5.82 Å². The van der Waals surface area contributed by atoms with Crippen LogP contribution in [0.5, 0.6) is 5.88 Å². The summed E-state index contributed by atoms with van der Waals surface area (Å²) in [4.78, 5) is 8.73. The second kappa shape index (κ2) is 6.03. The van der Waals surface area contributed by atoms with E-state index in [4.69, 9.17) is 4.74 Å². The van der Waals surface area contributed by atoms with E-state index in [2.05, 4.69) is 29.1 Å². The average molecular weight is 249 g/mol. The van der Waals surface area contributed by atoms with Gasteiger partial charge in [0, 0.05) is 12.1 Å². The molecule has 0 atom stereocenters. The van der Waals surface area contributed by atoms with E-state index in [1.165, 1.54) is 25.7 Å². The lowest BCUT2D eigenvalue weighted by atomic mass is 10.2. The fourth-order valence-corrected chi connectivity index (χ4v) is 2.22. The van der Waals surface area contributed by atoms with Gasteiger partial charge in [-0.2, -0.15) is 4.98 Å². The Morgan fingerprint density at radius 2 is 2.06 bits per heavy atom. The van der Waals surface area contributed by atoms with Crippen LogP contribution >= 0.6 is 0 Å². The molecule has 4 heteroatoms. The smallest absolute Gasteiger partial charge is 0.218 e. The first-order valence-corrected chi connectivity index (χ1v) is 6.88. The Kier molecular flexibility index (Phi) is 4.39. The van der Waals surface area contributed by atoms with Gasteiger partial charge in [0.25, 0.3) is 0 Å². The Hall–Kier alpha value is -1.32. The quantitative estimate of drug-likeness (QED) is 0.870. The number of ether oxygens (including phenoxy) is 1. The molecular formula is C14H23N3O. The molecule has 100 valence electrons. The standard InChI is InChI=1S/C14H23N3O/c1-10(2)9-18-14-8-13(15-11(3)16-14)17-12-6-4-5-7-12/h8,10,12H,4-7,9H2,1-3H3,(H,15,16,17). The summed E-state index contributed by atoms with van der Waals surface area (Å²) in [6.07, 6.45) is 5.12. The van der Waals surface area contributed by atoms with Gasteiger partial charge in [0.1, 0.15) is 11.6 Å². The Morgan fingerprint density at radius 3 is 2.72 bits per heavy atom. The van der Waals surface area contributed by atoms with Crippen molar-refractivity contribution in [2.75, 3.05) is 11.9 Å². The molecule has 0 aliphatic heterocycles. The summed E-state index contributed by atoms with van der Waals surface area (Å²) >= 11 is 0. The maximum Gasteiger partial charge on any atom is 0.218 e. The van der Waals surface area contributed by atoms with Crippen LogP contribution in [0.1, 0.15) is 45.4 Å². The fraction of sp³-hybridized carbons (Fsp3) is 0.714. The highest BCUT2D eigenvalue weighted by atomic mass is 16.5. The number of aromatic nitrogens is 2. The molecule has 1 saturated carbocycles. The van der Waals surface area contributed by atoms with Crippen LogP contribution in [0.25, 0.3) is 0 Å². The lowest BCUT2D eigenvalue weighted by Crippen LogP contribution is -2.16. The number of hydrogen-bond acceptors (Lipinski definition) is 4. The number of rotatable bonds is 5. The minimum atomic E-state index is 0.506. The molecule has 1 N–H and O–H groups in total. The molecule has 4 nitrogen and oxygen atoms in total. The fourth-order valence-electron chi connectivity index (χ4n) is 2.22. The van der Waals surface area contributed by atoms with Crippen molar-refractivity contribution in [3.8, 4) is 5.88 Å². The van der Waals surface area contributed by atoms with Crippen LogP contribution in [0, 0.1) is 12.8 Å². The first kappa shape index (κ1) is 13.1. The van der Waals surface area contributed by atoms with Crippen molar-refractivity contribution in [2.45, 2.75) is 52.5 Å². The zero-order chi connectivity index (χ0) is 13.0. The van der Waals surface area contributed by atoms with Gasteiger partial charge in [0.2, 0.25) is 5.88 Å². The van der Waals surface area contributed by atoms with Gasteiger partial charge in [-0.25, -0.2) is 4.98 Å². The zero-order valence-corrected chi connectivity index (χ0v) is 11.6. The average Bonchev–Trinajstić information content (AvgIpc) is 2.78. The minimum Gasteiger partial charge on any atom is -0.477 e. The number of nitrogens with one attached hydrogen (secondary N) is 1. The van der Waals surface area contributed by atoms with Gasteiger partial charge >= 0.3 is 0 Å². The van der Waals surface area contributed by atoms with E-state index in [0.717, 1.165) is 11.6 Å². The van der Waals surface area contributed by atoms with Gasteiger partial charge in [0.05, 0.1) is 6.61 Å². The molecular weight excluding hydrogens is 226 g/mol. The molecule has 0 spiro atoms. The number of hydrogen-bond donors (Lipinski definition) is 1. The van der Waals surface area contributed by atoms with Crippen molar-refractivity contribution in [1.82, 2.24) is 9.97 Å². The van der Waals surface area contributed by atoms with E-state index >= 15 is 0 Å². The van der Waals surface area contributed by atoms with Crippen LogP contribution in [0.15, 0.2) is 6.07 Å². The summed E-state index contributed by atoms with van der Waals surface area (Å²) in [6.45, 7) is 6.86. The van der Waals surface area contributed by atoms with E-state index in [9.17, 15) is 0 Å². The molecule has 1 aromatic heterocycles. The molecule has 1 aromatic rings. The SMILES string of the molecule is Cc1nc(NC2CCCC2)cc(OCC(C)C)n1. The first-order valence-electron chi connectivity index (χ1n) is 6.88. The van der Waals surface area contributed by atoms with Gasteiger partial charge in [-0.3, -0.25) is 0 Å². The maximum absolute atomic E-state index is 5.66. The number of nitrogens with zero attached hydrogens (tertiary/aromatic N) is 2. The summed E-state index contributed by atoms with van der Waals surface area (Å²) in [5.74, 6) is 2.84. The number of aryl methyl sites for hydroxylation is 1. The van der Waals surface area contributed by atoms with Crippen molar-refractivity contribution in [2.24, 2.45) is 5.92 Å². The summed E-state index contributed by atoms with van der Waals surface area (Å²) < 4.78 is 5.66. The Bertz CT molecular complexity index is 387. The van der Waals surface area contributed by atoms with Gasteiger partial charge < -0.3 is 10.1 Å². The Balaban J connectivity index is 2.00. The highest BCUT2D eigenvalue weighted by Crippen LogP contribution is 2.23. The maximum atomic E-state index is 5.66. The predicted molar refractivity (Wildman–Crippen MR) is 73.0 cm³/mol. The third-order valence-electron chi connectivity index (χ3n) is 3.09. The highest BCUT2D eigenvalue weighted by molar-refractivity contribution is 5.39. The van der Waals surface area contributed by atoms with Crippen molar-refractivity contribution in [1.29, 1.82) is 0 Å². The van der Waals surface area contributed by atoms with E-state index in [-0.39, 0.29) is 0 Å². The molecule has 1 heterocycles. The van der Waals surface area contributed by atoms with Crippen LogP contribution in [-0.2, 0) is 0 Å². The first-order chi connectivity index (χ1) is 8.63. The van der Waals surface area contributed by atoms with Crippen LogP contribution in [0.2, 0.25) is 0 Å². The second-order valence-electron chi connectivity index (χ2n) is 5.47. The topological polar surface area (TPSA) is 47.0 Å². The van der Waals surface area contributed by atoms with E-state index in [0.29, 0.717) is 24.4 Å². The van der Waals surface area contributed by atoms with Crippen LogP contribution in [-0.4, -0.2) is 22.6 Å². The summed E-state index contributed by atoms with van der Waals surface area (Å²) in [5, 5.41) is 3.48. The van der Waals surface area contributed by atoms with Crippen LogP contribution in [0.4, 0.5) is 5.82 Å². The molecule has 0 amide bonds. The molecule has 1 fully saturated rings. The van der Waals surface area contributed by atoms with Gasteiger partial charge in [-0.1, -0.05) is 26.7 Å². The van der Waals surface area contributed by atoms with E-state index in [1.54, 1.807) is 0 Å². The van der Waals surface area contributed by atoms with Gasteiger partial charge in [0.15, 0.2) is 0 Å². The van der Waals surface area contributed by atoms with Crippen molar-refractivity contribution in [3.63, 3.8) is 0 Å². The summed E-state index contributed by atoms with van der Waals surface area (Å²) in [5.41, 5.74) is 0. The third-order valence-corrected chi connectivity index (χ3v) is 3.09. The third kappa shape index (κ3) is 3.86. The summed E-state index contributed by atoms with van der Waals surface area (Å²) in [6, 6.07) is 2.48. The molecule has 18 heavy (non-hydrogen) atoms. The predicted octanol–water partition coefficient (Wildman–Crippen LogP) is 3.17. The molecule has 1 aliphatic carbocycles. The normalized spacial score (nSPS) is 16.2. The minimum absolute atomic E-state index is 0.506. The highest BCUT2D eigenvalue weighted by Gasteiger charge is 2.15. The Labute approximate surface area is 109 Å². The molecule has 0 saturated heterocycles. The lowest BCUT2D eigenvalue weighted by molar-refractivity contribution is 0.260. The molecule has 1 aliphatic rings. The van der Waals surface area contributed by atoms with Crippen molar-refractivity contribution < 1.29 is 4.74 Å². The monoisotopic (exact) mass is 249 g/mol. The molecule has 0 aromatic carbocycles. The molecule has 0 bridgehead atoms. The van der Waals surface area contributed by atoms with Crippen LogP contribution < -0.4 is 10.1 Å². The van der Waals surface area contributed by atoms with E-state index < -0.39 is 0 Å². The molecule has 2 rings (SSSR count).